The largest absolute Gasteiger partial charge is 0.376 e. The summed E-state index contributed by atoms with van der Waals surface area (Å²) in [6.07, 6.45) is 1.67. The maximum Gasteiger partial charge on any atom is 0.259 e. The van der Waals surface area contributed by atoms with Crippen LogP contribution >= 0.6 is 11.6 Å². The quantitative estimate of drug-likeness (QED) is 0.328. The van der Waals surface area contributed by atoms with E-state index in [1.165, 1.54) is 21.8 Å². The molecule has 1 heterocycles. The van der Waals surface area contributed by atoms with Crippen LogP contribution in [0.4, 0.5) is 5.69 Å². The zero-order valence-corrected chi connectivity index (χ0v) is 17.7. The predicted octanol–water partition coefficient (Wildman–Crippen LogP) is 5.34. The van der Waals surface area contributed by atoms with E-state index in [4.69, 9.17) is 11.6 Å². The van der Waals surface area contributed by atoms with Gasteiger partial charge in [0.25, 0.3) is 5.91 Å². The van der Waals surface area contributed by atoms with Crippen LogP contribution in [-0.4, -0.2) is 23.2 Å². The Balaban J connectivity index is 1.45. The van der Waals surface area contributed by atoms with E-state index in [1.807, 2.05) is 31.2 Å². The monoisotopic (exact) mass is 418 g/mol. The highest BCUT2D eigenvalue weighted by atomic mass is 35.5. The first kappa shape index (κ1) is 20.0. The van der Waals surface area contributed by atoms with Crippen molar-refractivity contribution in [2.45, 2.75) is 20.4 Å². The van der Waals surface area contributed by atoms with Crippen molar-refractivity contribution in [1.82, 2.24) is 9.99 Å². The molecule has 0 fully saturated rings. The van der Waals surface area contributed by atoms with Crippen molar-refractivity contribution in [1.29, 1.82) is 0 Å². The molecule has 0 spiro atoms. The van der Waals surface area contributed by atoms with Crippen molar-refractivity contribution < 1.29 is 4.79 Å². The minimum absolute atomic E-state index is 0.113. The predicted molar refractivity (Wildman–Crippen MR) is 126 cm³/mol. The van der Waals surface area contributed by atoms with Crippen molar-refractivity contribution in [2.24, 2.45) is 5.10 Å². The van der Waals surface area contributed by atoms with Crippen LogP contribution in [0.15, 0.2) is 65.8 Å². The number of halogens is 1. The van der Waals surface area contributed by atoms with Crippen molar-refractivity contribution >= 4 is 51.2 Å². The van der Waals surface area contributed by atoms with Gasteiger partial charge in [0.05, 0.1) is 12.8 Å². The molecule has 30 heavy (non-hydrogen) atoms. The van der Waals surface area contributed by atoms with Crippen LogP contribution in [0.25, 0.3) is 21.8 Å². The molecule has 3 aromatic carbocycles. The summed E-state index contributed by atoms with van der Waals surface area (Å²) in [5.74, 6) is -0.228. The van der Waals surface area contributed by atoms with Crippen LogP contribution in [0.3, 0.4) is 0 Å². The molecule has 4 rings (SSSR count). The van der Waals surface area contributed by atoms with E-state index < -0.39 is 0 Å². The van der Waals surface area contributed by atoms with Gasteiger partial charge in [-0.05, 0) is 55.3 Å². The van der Waals surface area contributed by atoms with E-state index in [0.717, 1.165) is 23.4 Å². The van der Waals surface area contributed by atoms with E-state index in [0.29, 0.717) is 5.02 Å². The third kappa shape index (κ3) is 3.89. The van der Waals surface area contributed by atoms with Gasteiger partial charge in [0, 0.05) is 39.1 Å². The summed E-state index contributed by atoms with van der Waals surface area (Å²) in [6.45, 7) is 5.08. The molecule has 4 aromatic rings. The van der Waals surface area contributed by atoms with Crippen molar-refractivity contribution in [3.8, 4) is 0 Å². The Bertz CT molecular complexity index is 1260. The first-order chi connectivity index (χ1) is 14.6. The molecule has 6 heteroatoms. The Morgan fingerprint density at radius 1 is 1.07 bits per heavy atom. The Morgan fingerprint density at radius 2 is 1.87 bits per heavy atom. The number of hydrazone groups is 1. The summed E-state index contributed by atoms with van der Waals surface area (Å²) in [7, 11) is 0. The normalized spacial score (nSPS) is 11.4. The molecule has 0 saturated heterocycles. The minimum atomic E-state index is -0.228. The smallest absolute Gasteiger partial charge is 0.259 e. The highest BCUT2D eigenvalue weighted by molar-refractivity contribution is 6.31. The Morgan fingerprint density at radius 3 is 2.70 bits per heavy atom. The summed E-state index contributed by atoms with van der Waals surface area (Å²) in [6, 6.07) is 20.2. The lowest BCUT2D eigenvalue weighted by atomic mass is 10.1. The van der Waals surface area contributed by atoms with Crippen molar-refractivity contribution in [3.05, 3.63) is 76.8 Å². The Labute approximate surface area is 180 Å². The average molecular weight is 419 g/mol. The van der Waals surface area contributed by atoms with Gasteiger partial charge < -0.3 is 9.88 Å². The Kier molecular flexibility index (Phi) is 5.72. The molecule has 152 valence electrons. The van der Waals surface area contributed by atoms with Crippen LogP contribution in [-0.2, 0) is 11.3 Å². The van der Waals surface area contributed by atoms with E-state index >= 15 is 0 Å². The highest BCUT2D eigenvalue weighted by Crippen LogP contribution is 2.29. The molecule has 0 unspecified atom stereocenters. The number of aryl methyl sites for hydroxylation is 1. The third-order valence-corrected chi connectivity index (χ3v) is 5.63. The lowest BCUT2D eigenvalue weighted by molar-refractivity contribution is -0.119. The van der Waals surface area contributed by atoms with Crippen LogP contribution < -0.4 is 10.7 Å². The molecule has 5 nitrogen and oxygen atoms in total. The summed E-state index contributed by atoms with van der Waals surface area (Å²) in [5.41, 5.74) is 7.66. The Hall–Kier alpha value is -3.31. The number of amides is 1. The van der Waals surface area contributed by atoms with Gasteiger partial charge in [0.2, 0.25) is 0 Å². The van der Waals surface area contributed by atoms with Gasteiger partial charge in [0.15, 0.2) is 0 Å². The van der Waals surface area contributed by atoms with Crippen LogP contribution in [0.1, 0.15) is 18.1 Å². The van der Waals surface area contributed by atoms with Gasteiger partial charge >= 0.3 is 0 Å². The summed E-state index contributed by atoms with van der Waals surface area (Å²) >= 11 is 6.10. The zero-order valence-electron chi connectivity index (χ0n) is 16.9. The molecular formula is C24H23ClN4O. The highest BCUT2D eigenvalue weighted by Gasteiger charge is 2.09. The molecule has 0 radical (unpaired) electrons. The molecule has 0 aliphatic carbocycles. The van der Waals surface area contributed by atoms with Gasteiger partial charge in [-0.1, -0.05) is 41.9 Å². The maximum atomic E-state index is 12.1. The average Bonchev–Trinajstić information content (AvgIpc) is 3.08. The number of hydrogen-bond acceptors (Lipinski definition) is 3. The van der Waals surface area contributed by atoms with Crippen molar-refractivity contribution in [3.63, 3.8) is 0 Å². The number of carbonyl (C=O) groups excluding carboxylic acids is 1. The zero-order chi connectivity index (χ0) is 21.1. The van der Waals surface area contributed by atoms with Gasteiger partial charge in [-0.3, -0.25) is 4.79 Å². The lowest BCUT2D eigenvalue weighted by Gasteiger charge is -2.09. The first-order valence-electron chi connectivity index (χ1n) is 9.90. The number of anilines is 1. The number of aromatic nitrogens is 1. The number of nitrogens with zero attached hydrogens (tertiary/aromatic N) is 2. The summed E-state index contributed by atoms with van der Waals surface area (Å²) < 4.78 is 2.30. The molecule has 0 saturated carbocycles. The van der Waals surface area contributed by atoms with E-state index in [9.17, 15) is 4.79 Å². The number of hydrogen-bond donors (Lipinski definition) is 2. The maximum absolute atomic E-state index is 12.1. The van der Waals surface area contributed by atoms with Gasteiger partial charge in [0.1, 0.15) is 0 Å². The van der Waals surface area contributed by atoms with Crippen LogP contribution in [0, 0.1) is 6.92 Å². The SMILES string of the molecule is CCn1c2ccccc2c2cc(/C=N\NC(=O)CNc3cccc(Cl)c3C)ccc21. The standard InChI is InChI=1S/C24H23ClN4O/c1-3-29-22-10-5-4-7-18(22)19-13-17(11-12-23(19)29)14-27-28-24(30)15-26-21-9-6-8-20(25)16(21)2/h4-14,26H,3,15H2,1-2H3,(H,28,30)/b27-14-. The van der Waals surface area contributed by atoms with Gasteiger partial charge in [-0.2, -0.15) is 5.10 Å². The molecule has 2 N–H and O–H groups in total. The number of carbonyl (C=O) groups is 1. The van der Waals surface area contributed by atoms with Gasteiger partial charge in [-0.15, -0.1) is 0 Å². The molecule has 0 bridgehead atoms. The lowest BCUT2D eigenvalue weighted by Crippen LogP contribution is -2.26. The third-order valence-electron chi connectivity index (χ3n) is 5.22. The summed E-state index contributed by atoms with van der Waals surface area (Å²) in [4.78, 5) is 12.1. The van der Waals surface area contributed by atoms with E-state index in [-0.39, 0.29) is 12.5 Å². The number of nitrogens with one attached hydrogen (secondary N) is 2. The molecule has 0 atom stereocenters. The van der Waals surface area contributed by atoms with Crippen LogP contribution in [0.5, 0.6) is 0 Å². The van der Waals surface area contributed by atoms with Crippen LogP contribution in [0.2, 0.25) is 5.02 Å². The van der Waals surface area contributed by atoms with Gasteiger partial charge in [-0.25, -0.2) is 5.43 Å². The number of para-hydroxylation sites is 1. The second kappa shape index (κ2) is 8.59. The first-order valence-corrected chi connectivity index (χ1v) is 10.3. The fraction of sp³-hybridized carbons (Fsp3) is 0.167. The fourth-order valence-electron chi connectivity index (χ4n) is 3.69. The molecule has 0 aliphatic rings. The fourth-order valence-corrected chi connectivity index (χ4v) is 3.86. The molecule has 1 amide bonds. The van der Waals surface area contributed by atoms with Crippen molar-refractivity contribution in [2.75, 3.05) is 11.9 Å². The summed E-state index contributed by atoms with van der Waals surface area (Å²) in [5, 5.41) is 10.3. The second-order valence-electron chi connectivity index (χ2n) is 7.10. The van der Waals surface area contributed by atoms with E-state index in [1.54, 1.807) is 6.21 Å². The molecule has 1 aromatic heterocycles. The minimum Gasteiger partial charge on any atom is -0.376 e. The molecular weight excluding hydrogens is 396 g/mol. The topological polar surface area (TPSA) is 58.4 Å². The number of rotatable bonds is 6. The number of fused-ring (bicyclic) bond motifs is 3. The second-order valence-corrected chi connectivity index (χ2v) is 7.50. The van der Waals surface area contributed by atoms with E-state index in [2.05, 4.69) is 63.7 Å². The molecule has 0 aliphatic heterocycles. The number of benzene rings is 3.